The first kappa shape index (κ1) is 12.8. The van der Waals surface area contributed by atoms with Gasteiger partial charge < -0.3 is 29.9 Å². The molecule has 6 nitrogen and oxygen atoms in total. The molecule has 4 atom stereocenters. The van der Waals surface area contributed by atoms with Crippen LogP contribution in [-0.4, -0.2) is 71.0 Å². The summed E-state index contributed by atoms with van der Waals surface area (Å²) in [6, 6.07) is 0. The summed E-state index contributed by atoms with van der Waals surface area (Å²) in [5.74, 6) is 0. The van der Waals surface area contributed by atoms with Crippen LogP contribution in [0.25, 0.3) is 0 Å². The molecule has 1 heterocycles. The summed E-state index contributed by atoms with van der Waals surface area (Å²) in [5.41, 5.74) is 0. The van der Waals surface area contributed by atoms with Crippen molar-refractivity contribution in [3.63, 3.8) is 0 Å². The van der Waals surface area contributed by atoms with E-state index in [0.29, 0.717) is 0 Å². The Labute approximate surface area is 85.9 Å². The third-order valence-electron chi connectivity index (χ3n) is 2.16. The summed E-state index contributed by atoms with van der Waals surface area (Å²) < 4.78 is 22.9. The highest BCUT2D eigenvalue weighted by Crippen LogP contribution is 2.16. The van der Waals surface area contributed by atoms with Crippen LogP contribution in [-0.2, 0) is 9.47 Å². The van der Waals surface area contributed by atoms with Crippen molar-refractivity contribution in [1.82, 2.24) is 0 Å². The summed E-state index contributed by atoms with van der Waals surface area (Å²) in [6.07, 6.45) is -8.45. The van der Waals surface area contributed by atoms with Crippen LogP contribution in [0.1, 0.15) is 0 Å². The Hall–Kier alpha value is -0.310. The van der Waals surface area contributed by atoms with Crippen LogP contribution in [0.4, 0.5) is 4.39 Å². The summed E-state index contributed by atoms with van der Waals surface area (Å²) in [5, 5.41) is 36.1. The van der Waals surface area contributed by atoms with Gasteiger partial charge in [-0.3, -0.25) is 0 Å². The Morgan fingerprint density at radius 1 is 1.20 bits per heavy atom. The zero-order valence-electron chi connectivity index (χ0n) is 7.99. The van der Waals surface area contributed by atoms with Gasteiger partial charge in [0.25, 0.3) is 0 Å². The van der Waals surface area contributed by atoms with Gasteiger partial charge in [-0.25, -0.2) is 4.39 Å². The Morgan fingerprint density at radius 2 is 1.73 bits per heavy atom. The van der Waals surface area contributed by atoms with Crippen molar-refractivity contribution in [2.45, 2.75) is 30.8 Å². The second-order valence-electron chi connectivity index (χ2n) is 3.29. The van der Waals surface area contributed by atoms with E-state index in [-0.39, 0.29) is 13.2 Å². The van der Waals surface area contributed by atoms with Crippen molar-refractivity contribution < 1.29 is 34.3 Å². The fraction of sp³-hybridized carbons (Fsp3) is 1.00. The van der Waals surface area contributed by atoms with Crippen molar-refractivity contribution in [2.24, 2.45) is 0 Å². The average Bonchev–Trinajstić information content (AvgIpc) is 2.78. The largest absolute Gasteiger partial charge is 0.394 e. The lowest BCUT2D eigenvalue weighted by molar-refractivity contribution is -0.177. The molecule has 90 valence electrons. The van der Waals surface area contributed by atoms with Crippen molar-refractivity contribution in [3.8, 4) is 0 Å². The molecule has 4 N–H and O–H groups in total. The number of halogens is 1. The van der Waals surface area contributed by atoms with Gasteiger partial charge in [-0.05, 0) is 0 Å². The van der Waals surface area contributed by atoms with Crippen molar-refractivity contribution >= 4 is 0 Å². The number of ether oxygens (including phenoxy) is 2. The van der Waals surface area contributed by atoms with Crippen LogP contribution in [0.5, 0.6) is 0 Å². The number of hydrogen-bond acceptors (Lipinski definition) is 6. The van der Waals surface area contributed by atoms with E-state index in [9.17, 15) is 14.6 Å². The molecule has 1 rings (SSSR count). The maximum absolute atomic E-state index is 13.2. The Bertz CT molecular complexity index is 186. The summed E-state index contributed by atoms with van der Waals surface area (Å²) >= 11 is 0. The molecule has 0 bridgehead atoms. The van der Waals surface area contributed by atoms with E-state index in [2.05, 4.69) is 0 Å². The van der Waals surface area contributed by atoms with Gasteiger partial charge in [-0.2, -0.15) is 0 Å². The van der Waals surface area contributed by atoms with Crippen LogP contribution >= 0.6 is 0 Å². The quantitative estimate of drug-likeness (QED) is 0.423. The van der Waals surface area contributed by atoms with Gasteiger partial charge in [-0.1, -0.05) is 0 Å². The standard InChI is InChI=1S/C8H15FO6/c9-5(4(11)3-10)6(12)7(13)8-14-1-2-15-8/h4-8,10-13H,1-3H2/t4-,5-,6+,7+/m1/s1. The lowest BCUT2D eigenvalue weighted by atomic mass is 10.0. The number of alkyl halides is 1. The van der Waals surface area contributed by atoms with Crippen molar-refractivity contribution in [2.75, 3.05) is 19.8 Å². The molecule has 1 saturated heterocycles. The van der Waals surface area contributed by atoms with Crippen molar-refractivity contribution in [3.05, 3.63) is 0 Å². The predicted molar refractivity (Wildman–Crippen MR) is 45.7 cm³/mol. The van der Waals surface area contributed by atoms with Crippen LogP contribution in [0.15, 0.2) is 0 Å². The minimum absolute atomic E-state index is 0.258. The zero-order valence-corrected chi connectivity index (χ0v) is 7.99. The smallest absolute Gasteiger partial charge is 0.186 e. The number of rotatable bonds is 5. The van der Waals surface area contributed by atoms with Crippen LogP contribution in [0, 0.1) is 0 Å². The van der Waals surface area contributed by atoms with Crippen molar-refractivity contribution in [1.29, 1.82) is 0 Å². The minimum atomic E-state index is -2.15. The molecule has 0 aliphatic carbocycles. The van der Waals surface area contributed by atoms with Gasteiger partial charge in [0.15, 0.2) is 12.5 Å². The lowest BCUT2D eigenvalue weighted by Gasteiger charge is -2.26. The molecule has 0 saturated carbocycles. The number of aliphatic hydroxyl groups excluding tert-OH is 4. The summed E-state index contributed by atoms with van der Waals surface area (Å²) in [6.45, 7) is -0.320. The van der Waals surface area contributed by atoms with Gasteiger partial charge >= 0.3 is 0 Å². The van der Waals surface area contributed by atoms with E-state index < -0.39 is 37.4 Å². The van der Waals surface area contributed by atoms with Gasteiger partial charge in [-0.15, -0.1) is 0 Å². The minimum Gasteiger partial charge on any atom is -0.394 e. The maximum Gasteiger partial charge on any atom is 0.186 e. The molecule has 1 aliphatic rings. The molecule has 0 aromatic rings. The SMILES string of the molecule is OC[C@@H](O)[C@@H](F)[C@H](O)[C@H](O)C1OCCO1. The second-order valence-corrected chi connectivity index (χ2v) is 3.29. The summed E-state index contributed by atoms with van der Waals surface area (Å²) in [4.78, 5) is 0. The highest BCUT2D eigenvalue weighted by atomic mass is 19.1. The van der Waals surface area contributed by atoms with E-state index >= 15 is 0 Å². The number of hydrogen-bond donors (Lipinski definition) is 4. The molecule has 0 spiro atoms. The third kappa shape index (κ3) is 3.07. The molecule has 7 heteroatoms. The molecule has 0 unspecified atom stereocenters. The fourth-order valence-corrected chi connectivity index (χ4v) is 1.25. The topological polar surface area (TPSA) is 99.4 Å². The molecule has 0 amide bonds. The molecule has 1 aliphatic heterocycles. The lowest BCUT2D eigenvalue weighted by Crippen LogP contribution is -2.48. The highest BCUT2D eigenvalue weighted by molar-refractivity contribution is 4.83. The average molecular weight is 226 g/mol. The van der Waals surface area contributed by atoms with Crippen LogP contribution < -0.4 is 0 Å². The molecule has 1 fully saturated rings. The first-order chi connectivity index (χ1) is 7.07. The third-order valence-corrected chi connectivity index (χ3v) is 2.16. The maximum atomic E-state index is 13.2. The molecular formula is C8H15FO6. The monoisotopic (exact) mass is 226 g/mol. The first-order valence-corrected chi connectivity index (χ1v) is 4.60. The molecule has 0 aromatic heterocycles. The van der Waals surface area contributed by atoms with Gasteiger partial charge in [0.2, 0.25) is 0 Å². The van der Waals surface area contributed by atoms with Crippen LogP contribution in [0.2, 0.25) is 0 Å². The molecule has 15 heavy (non-hydrogen) atoms. The predicted octanol–water partition coefficient (Wildman–Crippen LogP) is -2.23. The first-order valence-electron chi connectivity index (χ1n) is 4.60. The second kappa shape index (κ2) is 5.69. The molecule has 0 radical (unpaired) electrons. The zero-order chi connectivity index (χ0) is 11.4. The van der Waals surface area contributed by atoms with Crippen LogP contribution in [0.3, 0.4) is 0 Å². The molecule has 0 aromatic carbocycles. The highest BCUT2D eigenvalue weighted by Gasteiger charge is 2.38. The number of aliphatic hydroxyl groups is 4. The molecular weight excluding hydrogens is 211 g/mol. The van der Waals surface area contributed by atoms with Gasteiger partial charge in [0.05, 0.1) is 19.8 Å². The van der Waals surface area contributed by atoms with Gasteiger partial charge in [0.1, 0.15) is 18.3 Å². The Morgan fingerprint density at radius 3 is 2.20 bits per heavy atom. The Kier molecular flexibility index (Phi) is 4.84. The van der Waals surface area contributed by atoms with E-state index in [4.69, 9.17) is 19.7 Å². The van der Waals surface area contributed by atoms with Gasteiger partial charge in [0, 0.05) is 0 Å². The normalized spacial score (nSPS) is 26.2. The van der Waals surface area contributed by atoms with E-state index in [1.807, 2.05) is 0 Å². The van der Waals surface area contributed by atoms with E-state index in [1.54, 1.807) is 0 Å². The van der Waals surface area contributed by atoms with E-state index in [1.165, 1.54) is 0 Å². The Balaban J connectivity index is 2.46. The van der Waals surface area contributed by atoms with E-state index in [0.717, 1.165) is 0 Å². The summed E-state index contributed by atoms with van der Waals surface area (Å²) in [7, 11) is 0. The fourth-order valence-electron chi connectivity index (χ4n) is 1.25.